The highest BCUT2D eigenvalue weighted by atomic mass is 79.9. The molecular weight excluding hydrogens is 294 g/mol. The van der Waals surface area contributed by atoms with Crippen LogP contribution in [-0.4, -0.2) is 30.0 Å². The van der Waals surface area contributed by atoms with Crippen LogP contribution in [0.2, 0.25) is 0 Å². The molecule has 4 nitrogen and oxygen atoms in total. The number of aliphatic imine (C=N–C) groups is 1. The van der Waals surface area contributed by atoms with Crippen LogP contribution < -0.4 is 10.1 Å². The molecule has 2 heterocycles. The lowest BCUT2D eigenvalue weighted by Gasteiger charge is -2.23. The maximum absolute atomic E-state index is 5.31. The number of pyridine rings is 1. The van der Waals surface area contributed by atoms with Gasteiger partial charge in [0.2, 0.25) is 5.88 Å². The molecule has 96 valence electrons. The van der Waals surface area contributed by atoms with Crippen LogP contribution >= 0.6 is 15.9 Å². The van der Waals surface area contributed by atoms with Gasteiger partial charge in [0.15, 0.2) is 0 Å². The van der Waals surface area contributed by atoms with Crippen molar-refractivity contribution in [2.24, 2.45) is 4.99 Å². The van der Waals surface area contributed by atoms with E-state index < -0.39 is 0 Å². The number of aromatic nitrogens is 1. The lowest BCUT2D eigenvalue weighted by molar-refractivity contribution is 0.384. The molecule has 2 unspecified atom stereocenters. The largest absolute Gasteiger partial charge is 0.480 e. The van der Waals surface area contributed by atoms with Crippen molar-refractivity contribution in [2.45, 2.75) is 37.8 Å². The second kappa shape index (κ2) is 4.88. The van der Waals surface area contributed by atoms with Gasteiger partial charge in [-0.05, 0) is 34.8 Å². The fourth-order valence-corrected chi connectivity index (χ4v) is 3.05. The van der Waals surface area contributed by atoms with Gasteiger partial charge >= 0.3 is 0 Å². The monoisotopic (exact) mass is 309 g/mol. The number of fused-ring (bicyclic) bond motifs is 1. The number of rotatable bonds is 2. The van der Waals surface area contributed by atoms with Crippen molar-refractivity contribution >= 4 is 21.8 Å². The van der Waals surface area contributed by atoms with E-state index in [1.54, 1.807) is 13.3 Å². The zero-order chi connectivity index (χ0) is 12.5. The molecule has 2 aliphatic rings. The summed E-state index contributed by atoms with van der Waals surface area (Å²) in [5.74, 6) is 1.56. The molecule has 0 radical (unpaired) electrons. The number of amidine groups is 1. The van der Waals surface area contributed by atoms with Gasteiger partial charge in [-0.15, -0.1) is 0 Å². The highest BCUT2D eigenvalue weighted by molar-refractivity contribution is 9.10. The quantitative estimate of drug-likeness (QED) is 0.913. The molecule has 0 aromatic carbocycles. The van der Waals surface area contributed by atoms with Crippen molar-refractivity contribution < 1.29 is 4.74 Å². The molecule has 1 N–H and O–H groups in total. The van der Waals surface area contributed by atoms with Gasteiger partial charge < -0.3 is 10.1 Å². The van der Waals surface area contributed by atoms with Crippen LogP contribution in [-0.2, 0) is 0 Å². The van der Waals surface area contributed by atoms with E-state index >= 15 is 0 Å². The van der Waals surface area contributed by atoms with Gasteiger partial charge in [0.1, 0.15) is 5.84 Å². The molecule has 0 saturated heterocycles. The normalized spacial score (nSPS) is 26.2. The van der Waals surface area contributed by atoms with Crippen LogP contribution in [0.25, 0.3) is 0 Å². The van der Waals surface area contributed by atoms with Crippen LogP contribution in [0, 0.1) is 0 Å². The number of nitrogens with zero attached hydrogens (tertiary/aromatic N) is 2. The Morgan fingerprint density at radius 3 is 3.00 bits per heavy atom. The molecule has 1 aliphatic carbocycles. The fourth-order valence-electron chi connectivity index (χ4n) is 2.72. The van der Waals surface area contributed by atoms with E-state index in [2.05, 4.69) is 26.2 Å². The number of ether oxygens (including phenoxy) is 1. The highest BCUT2D eigenvalue weighted by Gasteiger charge is 2.32. The first kappa shape index (κ1) is 12.0. The summed E-state index contributed by atoms with van der Waals surface area (Å²) in [6.07, 6.45) is 6.72. The third-order valence-electron chi connectivity index (χ3n) is 3.61. The maximum Gasteiger partial charge on any atom is 0.224 e. The maximum atomic E-state index is 5.31. The van der Waals surface area contributed by atoms with E-state index in [1.165, 1.54) is 25.7 Å². The second-order valence-corrected chi connectivity index (χ2v) is 5.71. The summed E-state index contributed by atoms with van der Waals surface area (Å²) in [4.78, 5) is 9.06. The minimum atomic E-state index is 0.428. The second-order valence-electron chi connectivity index (χ2n) is 4.79. The first-order valence-electron chi connectivity index (χ1n) is 6.32. The number of halogens is 1. The molecule has 2 atom stereocenters. The molecule has 1 aromatic rings. The van der Waals surface area contributed by atoms with Gasteiger partial charge in [-0.3, -0.25) is 4.99 Å². The zero-order valence-corrected chi connectivity index (χ0v) is 11.9. The van der Waals surface area contributed by atoms with Crippen LogP contribution in [0.4, 0.5) is 0 Å². The molecule has 0 spiro atoms. The number of methoxy groups -OCH3 is 1. The van der Waals surface area contributed by atoms with Crippen molar-refractivity contribution in [3.05, 3.63) is 22.3 Å². The highest BCUT2D eigenvalue weighted by Crippen LogP contribution is 2.28. The standard InChI is InChI=1S/C13H16BrN3O/c1-18-13-9(6-8(14)7-15-13)12-16-10-4-2-3-5-11(10)17-12/h6-7,10-11H,2-5H2,1H3,(H,16,17). The molecule has 1 saturated carbocycles. The summed E-state index contributed by atoms with van der Waals surface area (Å²) in [6.45, 7) is 0. The van der Waals surface area contributed by atoms with Gasteiger partial charge in [-0.1, -0.05) is 12.8 Å². The molecule has 18 heavy (non-hydrogen) atoms. The molecule has 1 fully saturated rings. The van der Waals surface area contributed by atoms with Gasteiger partial charge in [0, 0.05) is 16.7 Å². The average molecular weight is 310 g/mol. The Morgan fingerprint density at radius 2 is 2.22 bits per heavy atom. The Balaban J connectivity index is 1.93. The van der Waals surface area contributed by atoms with Crippen LogP contribution in [0.1, 0.15) is 31.2 Å². The SMILES string of the molecule is COc1ncc(Br)cc1C1=NC2CCCCC2N1. The lowest BCUT2D eigenvalue weighted by atomic mass is 9.92. The summed E-state index contributed by atoms with van der Waals surface area (Å²) in [6, 6.07) is 2.93. The van der Waals surface area contributed by atoms with E-state index in [0.717, 1.165) is 15.9 Å². The van der Waals surface area contributed by atoms with Gasteiger partial charge in [-0.2, -0.15) is 0 Å². The zero-order valence-electron chi connectivity index (χ0n) is 10.3. The third kappa shape index (κ3) is 2.11. The van der Waals surface area contributed by atoms with E-state index in [9.17, 15) is 0 Å². The van der Waals surface area contributed by atoms with E-state index in [0.29, 0.717) is 18.0 Å². The summed E-state index contributed by atoms with van der Waals surface area (Å²) >= 11 is 3.45. The minimum absolute atomic E-state index is 0.428. The first-order chi connectivity index (χ1) is 8.78. The van der Waals surface area contributed by atoms with Gasteiger partial charge in [0.25, 0.3) is 0 Å². The van der Waals surface area contributed by atoms with Crippen molar-refractivity contribution in [1.29, 1.82) is 0 Å². The molecule has 3 rings (SSSR count). The summed E-state index contributed by atoms with van der Waals surface area (Å²) in [5.41, 5.74) is 0.946. The van der Waals surface area contributed by atoms with Crippen LogP contribution in [0.15, 0.2) is 21.7 Å². The Hall–Kier alpha value is -1.10. The molecule has 5 heteroatoms. The predicted octanol–water partition coefficient (Wildman–Crippen LogP) is 2.51. The van der Waals surface area contributed by atoms with Crippen LogP contribution in [0.5, 0.6) is 5.88 Å². The topological polar surface area (TPSA) is 46.5 Å². The number of hydrogen-bond donors (Lipinski definition) is 1. The van der Waals surface area contributed by atoms with Gasteiger partial charge in [0.05, 0.1) is 18.7 Å². The average Bonchev–Trinajstić information content (AvgIpc) is 2.82. The van der Waals surface area contributed by atoms with E-state index in [4.69, 9.17) is 9.73 Å². The number of hydrogen-bond acceptors (Lipinski definition) is 4. The molecule has 1 aromatic heterocycles. The smallest absolute Gasteiger partial charge is 0.224 e. The molecule has 1 aliphatic heterocycles. The Labute approximate surface area is 115 Å². The Kier molecular flexibility index (Phi) is 3.24. The molecule has 0 amide bonds. The lowest BCUT2D eigenvalue weighted by Crippen LogP contribution is -2.37. The van der Waals surface area contributed by atoms with Crippen molar-refractivity contribution in [2.75, 3.05) is 7.11 Å². The fraction of sp³-hybridized carbons (Fsp3) is 0.538. The molecule has 0 bridgehead atoms. The first-order valence-corrected chi connectivity index (χ1v) is 7.11. The Morgan fingerprint density at radius 1 is 1.39 bits per heavy atom. The molecular formula is C13H16BrN3O. The summed E-state index contributed by atoms with van der Waals surface area (Å²) in [7, 11) is 1.64. The van der Waals surface area contributed by atoms with Crippen LogP contribution in [0.3, 0.4) is 0 Å². The summed E-state index contributed by atoms with van der Waals surface area (Å²) in [5, 5.41) is 3.52. The third-order valence-corrected chi connectivity index (χ3v) is 4.05. The predicted molar refractivity (Wildman–Crippen MR) is 74.2 cm³/mol. The van der Waals surface area contributed by atoms with Crippen molar-refractivity contribution in [1.82, 2.24) is 10.3 Å². The van der Waals surface area contributed by atoms with Gasteiger partial charge in [-0.25, -0.2) is 4.98 Å². The number of nitrogens with one attached hydrogen (secondary N) is 1. The van der Waals surface area contributed by atoms with Crippen molar-refractivity contribution in [3.63, 3.8) is 0 Å². The Bertz CT molecular complexity index is 489. The summed E-state index contributed by atoms with van der Waals surface area (Å²) < 4.78 is 6.26. The minimum Gasteiger partial charge on any atom is -0.480 e. The van der Waals surface area contributed by atoms with Crippen molar-refractivity contribution in [3.8, 4) is 5.88 Å². The van der Waals surface area contributed by atoms with E-state index in [1.807, 2.05) is 6.07 Å². The van der Waals surface area contributed by atoms with E-state index in [-0.39, 0.29) is 0 Å².